The Morgan fingerprint density at radius 3 is 2.82 bits per heavy atom. The number of benzene rings is 1. The maximum Gasteiger partial charge on any atom is 0.241 e. The summed E-state index contributed by atoms with van der Waals surface area (Å²) >= 11 is 0. The van der Waals surface area contributed by atoms with Gasteiger partial charge in [-0.25, -0.2) is 4.39 Å². The molecule has 0 unspecified atom stereocenters. The maximum atomic E-state index is 13.6. The van der Waals surface area contributed by atoms with Crippen molar-refractivity contribution in [2.24, 2.45) is 0 Å². The number of rotatable bonds is 8. The Labute approximate surface area is 129 Å². The lowest BCUT2D eigenvalue weighted by molar-refractivity contribution is 0.172. The van der Waals surface area contributed by atoms with E-state index in [9.17, 15) is 4.39 Å². The van der Waals surface area contributed by atoms with Crippen molar-refractivity contribution < 1.29 is 14.0 Å². The zero-order chi connectivity index (χ0) is 15.9. The number of nitrogens with zero attached hydrogens (tertiary/aromatic N) is 3. The Balaban J connectivity index is 2.07. The van der Waals surface area contributed by atoms with E-state index in [1.165, 1.54) is 6.07 Å². The van der Waals surface area contributed by atoms with Gasteiger partial charge in [-0.2, -0.15) is 4.98 Å². The smallest absolute Gasteiger partial charge is 0.241 e. The summed E-state index contributed by atoms with van der Waals surface area (Å²) in [5.74, 6) is 0.572. The van der Waals surface area contributed by atoms with Gasteiger partial charge in [-0.3, -0.25) is 4.90 Å². The Hall–Kier alpha value is -1.79. The summed E-state index contributed by atoms with van der Waals surface area (Å²) in [6.45, 7) is 5.84. The summed E-state index contributed by atoms with van der Waals surface area (Å²) in [4.78, 5) is 6.38. The van der Waals surface area contributed by atoms with Crippen LogP contribution in [-0.2, 0) is 6.54 Å². The van der Waals surface area contributed by atoms with Crippen molar-refractivity contribution in [1.82, 2.24) is 15.0 Å². The molecule has 1 heterocycles. The van der Waals surface area contributed by atoms with Gasteiger partial charge in [-0.05, 0) is 31.5 Å². The third kappa shape index (κ3) is 4.35. The molecule has 0 aliphatic carbocycles. The standard InChI is InChI=1S/C16H22FN3O2/c1-3-4-7-20(8-9-21)11-15-18-16(19-22-15)13-6-5-12(2)14(17)10-13/h5-6,10,21H,3-4,7-9,11H2,1-2H3. The number of hydrogen-bond acceptors (Lipinski definition) is 5. The lowest BCUT2D eigenvalue weighted by atomic mass is 10.1. The van der Waals surface area contributed by atoms with Gasteiger partial charge in [0.15, 0.2) is 0 Å². The van der Waals surface area contributed by atoms with E-state index in [-0.39, 0.29) is 12.4 Å². The molecule has 0 fully saturated rings. The van der Waals surface area contributed by atoms with Crippen LogP contribution in [0, 0.1) is 12.7 Å². The second-order valence-corrected chi connectivity index (χ2v) is 5.33. The van der Waals surface area contributed by atoms with E-state index < -0.39 is 0 Å². The third-order valence-electron chi connectivity index (χ3n) is 3.50. The summed E-state index contributed by atoms with van der Waals surface area (Å²) in [6, 6.07) is 4.88. The molecule has 0 saturated carbocycles. The minimum absolute atomic E-state index is 0.0912. The van der Waals surface area contributed by atoms with Crippen LogP contribution in [0.4, 0.5) is 4.39 Å². The normalized spacial score (nSPS) is 11.3. The highest BCUT2D eigenvalue weighted by atomic mass is 19.1. The Bertz CT molecular complexity index is 601. The number of hydrogen-bond donors (Lipinski definition) is 1. The molecule has 0 bridgehead atoms. The van der Waals surface area contributed by atoms with Gasteiger partial charge in [-0.1, -0.05) is 30.6 Å². The number of halogens is 1. The van der Waals surface area contributed by atoms with Gasteiger partial charge >= 0.3 is 0 Å². The Morgan fingerprint density at radius 1 is 1.32 bits per heavy atom. The Kier molecular flexibility index (Phi) is 6.03. The first kappa shape index (κ1) is 16.6. The molecule has 1 N–H and O–H groups in total. The van der Waals surface area contributed by atoms with Crippen molar-refractivity contribution in [3.05, 3.63) is 35.5 Å². The van der Waals surface area contributed by atoms with Gasteiger partial charge in [-0.15, -0.1) is 0 Å². The average Bonchev–Trinajstić information content (AvgIpc) is 2.96. The molecule has 5 nitrogen and oxygen atoms in total. The van der Waals surface area contributed by atoms with E-state index in [1.807, 2.05) is 0 Å². The summed E-state index contributed by atoms with van der Waals surface area (Å²) in [5, 5.41) is 13.0. The van der Waals surface area contributed by atoms with Crippen LogP contribution in [0.25, 0.3) is 11.4 Å². The van der Waals surface area contributed by atoms with Crippen molar-refractivity contribution in [1.29, 1.82) is 0 Å². The molecular formula is C16H22FN3O2. The first-order chi connectivity index (χ1) is 10.6. The van der Waals surface area contributed by atoms with E-state index in [0.717, 1.165) is 19.4 Å². The Morgan fingerprint density at radius 2 is 2.14 bits per heavy atom. The molecule has 0 spiro atoms. The molecular weight excluding hydrogens is 285 g/mol. The van der Waals surface area contributed by atoms with Gasteiger partial charge in [0.2, 0.25) is 11.7 Å². The predicted octanol–water partition coefficient (Wildman–Crippen LogP) is 2.78. The number of aromatic nitrogens is 2. The second kappa shape index (κ2) is 8.00. The first-order valence-electron chi connectivity index (χ1n) is 7.56. The molecule has 1 aromatic heterocycles. The largest absolute Gasteiger partial charge is 0.395 e. The molecule has 2 rings (SSSR count). The van der Waals surface area contributed by atoms with Crippen molar-refractivity contribution in [3.8, 4) is 11.4 Å². The quantitative estimate of drug-likeness (QED) is 0.812. The fourth-order valence-corrected chi connectivity index (χ4v) is 2.15. The van der Waals surface area contributed by atoms with Crippen molar-refractivity contribution in [2.75, 3.05) is 19.7 Å². The summed E-state index contributed by atoms with van der Waals surface area (Å²) in [6.07, 6.45) is 2.13. The molecule has 1 aromatic carbocycles. The molecule has 0 amide bonds. The molecule has 0 aliphatic rings. The molecule has 6 heteroatoms. The van der Waals surface area contributed by atoms with E-state index >= 15 is 0 Å². The van der Waals surface area contributed by atoms with E-state index in [0.29, 0.717) is 35.9 Å². The van der Waals surface area contributed by atoms with Gasteiger partial charge in [0, 0.05) is 12.1 Å². The highest BCUT2D eigenvalue weighted by Crippen LogP contribution is 2.19. The monoisotopic (exact) mass is 307 g/mol. The highest BCUT2D eigenvalue weighted by molar-refractivity contribution is 5.54. The van der Waals surface area contributed by atoms with E-state index in [2.05, 4.69) is 22.0 Å². The van der Waals surface area contributed by atoms with Crippen molar-refractivity contribution in [2.45, 2.75) is 33.2 Å². The van der Waals surface area contributed by atoms with Gasteiger partial charge < -0.3 is 9.63 Å². The lowest BCUT2D eigenvalue weighted by Crippen LogP contribution is -2.27. The van der Waals surface area contributed by atoms with E-state index in [4.69, 9.17) is 9.63 Å². The van der Waals surface area contributed by atoms with Gasteiger partial charge in [0.05, 0.1) is 13.2 Å². The number of unbranched alkanes of at least 4 members (excludes halogenated alkanes) is 1. The second-order valence-electron chi connectivity index (χ2n) is 5.33. The molecule has 0 atom stereocenters. The fourth-order valence-electron chi connectivity index (χ4n) is 2.15. The van der Waals surface area contributed by atoms with Crippen LogP contribution in [0.15, 0.2) is 22.7 Å². The highest BCUT2D eigenvalue weighted by Gasteiger charge is 2.13. The number of aliphatic hydroxyl groups is 1. The first-order valence-corrected chi connectivity index (χ1v) is 7.56. The van der Waals surface area contributed by atoms with Gasteiger partial charge in [0.25, 0.3) is 0 Å². The zero-order valence-corrected chi connectivity index (χ0v) is 13.0. The lowest BCUT2D eigenvalue weighted by Gasteiger charge is -2.18. The minimum atomic E-state index is -0.284. The van der Waals surface area contributed by atoms with Gasteiger partial charge in [0.1, 0.15) is 5.82 Å². The number of aryl methyl sites for hydroxylation is 1. The minimum Gasteiger partial charge on any atom is -0.395 e. The van der Waals surface area contributed by atoms with Crippen molar-refractivity contribution in [3.63, 3.8) is 0 Å². The molecule has 0 aliphatic heterocycles. The van der Waals surface area contributed by atoms with Crippen LogP contribution in [0.2, 0.25) is 0 Å². The molecule has 0 radical (unpaired) electrons. The van der Waals surface area contributed by atoms with E-state index in [1.54, 1.807) is 19.1 Å². The third-order valence-corrected chi connectivity index (χ3v) is 3.50. The average molecular weight is 307 g/mol. The van der Waals surface area contributed by atoms with Crippen LogP contribution in [0.3, 0.4) is 0 Å². The SMILES string of the molecule is CCCCN(CCO)Cc1nc(-c2ccc(C)c(F)c2)no1. The summed E-state index contributed by atoms with van der Waals surface area (Å²) < 4.78 is 18.8. The maximum absolute atomic E-state index is 13.6. The molecule has 2 aromatic rings. The zero-order valence-electron chi connectivity index (χ0n) is 13.0. The predicted molar refractivity (Wildman–Crippen MR) is 81.7 cm³/mol. The van der Waals surface area contributed by atoms with Crippen LogP contribution in [0.5, 0.6) is 0 Å². The summed E-state index contributed by atoms with van der Waals surface area (Å²) in [7, 11) is 0. The van der Waals surface area contributed by atoms with Crippen LogP contribution in [-0.4, -0.2) is 39.8 Å². The molecule has 22 heavy (non-hydrogen) atoms. The van der Waals surface area contributed by atoms with Crippen LogP contribution >= 0.6 is 0 Å². The van der Waals surface area contributed by atoms with Crippen molar-refractivity contribution >= 4 is 0 Å². The van der Waals surface area contributed by atoms with Crippen LogP contribution < -0.4 is 0 Å². The van der Waals surface area contributed by atoms with Crippen LogP contribution in [0.1, 0.15) is 31.2 Å². The summed E-state index contributed by atoms with van der Waals surface area (Å²) in [5.41, 5.74) is 1.18. The number of aliphatic hydroxyl groups excluding tert-OH is 1. The molecule has 0 saturated heterocycles. The molecule has 120 valence electrons. The fraction of sp³-hybridized carbons (Fsp3) is 0.500. The topological polar surface area (TPSA) is 62.4 Å².